The van der Waals surface area contributed by atoms with E-state index < -0.39 is 0 Å². The molecule has 2 atom stereocenters. The molecule has 1 aliphatic rings. The molecule has 4 heteroatoms. The van der Waals surface area contributed by atoms with E-state index in [1.54, 1.807) is 0 Å². The zero-order valence-electron chi connectivity index (χ0n) is 13.6. The summed E-state index contributed by atoms with van der Waals surface area (Å²) in [5.74, 6) is 0.345. The second-order valence-corrected chi connectivity index (χ2v) is 6.50. The normalized spacial score (nSPS) is 20.8. The van der Waals surface area contributed by atoms with Crippen molar-refractivity contribution in [2.75, 3.05) is 7.05 Å². The Kier molecular flexibility index (Phi) is 6.03. The summed E-state index contributed by atoms with van der Waals surface area (Å²) in [6.45, 7) is 0.662. The van der Waals surface area contributed by atoms with Crippen LogP contribution in [0, 0.1) is 5.92 Å². The Bertz CT molecular complexity index is 673. The summed E-state index contributed by atoms with van der Waals surface area (Å²) in [6, 6.07) is 14.9. The lowest BCUT2D eigenvalue weighted by Crippen LogP contribution is -2.38. The number of carbonyl (C=O) groups excluding carboxylic acids is 1. The summed E-state index contributed by atoms with van der Waals surface area (Å²) < 4.78 is 0. The third-order valence-corrected chi connectivity index (χ3v) is 4.67. The highest BCUT2D eigenvalue weighted by Crippen LogP contribution is 2.25. The number of hydrogen-bond donors (Lipinski definition) is 1. The molecule has 2 unspecified atom stereocenters. The predicted octanol–water partition coefficient (Wildman–Crippen LogP) is 3.74. The van der Waals surface area contributed by atoms with Crippen molar-refractivity contribution in [3.63, 3.8) is 0 Å². The van der Waals surface area contributed by atoms with Gasteiger partial charge in [0.1, 0.15) is 0 Å². The van der Waals surface area contributed by atoms with Crippen molar-refractivity contribution in [2.24, 2.45) is 11.7 Å². The van der Waals surface area contributed by atoms with E-state index in [-0.39, 0.29) is 30.3 Å². The van der Waals surface area contributed by atoms with E-state index in [9.17, 15) is 4.79 Å². The number of nitrogens with zero attached hydrogens (tertiary/aromatic N) is 1. The average molecular weight is 333 g/mol. The lowest BCUT2D eigenvalue weighted by atomic mass is 9.85. The van der Waals surface area contributed by atoms with Gasteiger partial charge in [-0.1, -0.05) is 42.8 Å². The zero-order chi connectivity index (χ0) is 15.5. The van der Waals surface area contributed by atoms with Gasteiger partial charge < -0.3 is 10.6 Å². The Morgan fingerprint density at radius 2 is 1.91 bits per heavy atom. The molecule has 0 aromatic heterocycles. The Hall–Kier alpha value is -1.58. The van der Waals surface area contributed by atoms with Gasteiger partial charge in [0.2, 0.25) is 5.91 Å². The first-order valence-electron chi connectivity index (χ1n) is 8.12. The maximum Gasteiger partial charge on any atom is 0.225 e. The number of halogens is 1. The molecule has 0 aliphatic heterocycles. The predicted molar refractivity (Wildman–Crippen MR) is 97.6 cm³/mol. The van der Waals surface area contributed by atoms with Gasteiger partial charge in [0, 0.05) is 25.6 Å². The Morgan fingerprint density at radius 3 is 2.65 bits per heavy atom. The van der Waals surface area contributed by atoms with E-state index in [2.05, 4.69) is 30.3 Å². The monoisotopic (exact) mass is 332 g/mol. The van der Waals surface area contributed by atoms with Gasteiger partial charge in [-0.2, -0.15) is 0 Å². The van der Waals surface area contributed by atoms with Gasteiger partial charge in [-0.3, -0.25) is 4.79 Å². The summed E-state index contributed by atoms with van der Waals surface area (Å²) in [7, 11) is 1.90. The minimum Gasteiger partial charge on any atom is -0.341 e. The van der Waals surface area contributed by atoms with Crippen LogP contribution in [0.5, 0.6) is 0 Å². The average Bonchev–Trinajstić information content (AvgIpc) is 2.54. The smallest absolute Gasteiger partial charge is 0.225 e. The van der Waals surface area contributed by atoms with Gasteiger partial charge in [0.05, 0.1) is 0 Å². The van der Waals surface area contributed by atoms with Crippen molar-refractivity contribution in [1.82, 2.24) is 4.90 Å². The van der Waals surface area contributed by atoms with E-state index in [4.69, 9.17) is 5.73 Å². The van der Waals surface area contributed by atoms with Crippen LogP contribution in [-0.2, 0) is 11.3 Å². The lowest BCUT2D eigenvalue weighted by molar-refractivity contribution is -0.135. The minimum atomic E-state index is 0. The zero-order valence-corrected chi connectivity index (χ0v) is 14.4. The SMILES string of the molecule is CN(Cc1ccc2ccccc2c1)C(=O)C1CCCC(N)C1.Cl. The number of nitrogens with two attached hydrogens (primary N) is 1. The van der Waals surface area contributed by atoms with Crippen molar-refractivity contribution < 1.29 is 4.79 Å². The quantitative estimate of drug-likeness (QED) is 0.930. The van der Waals surface area contributed by atoms with Crippen LogP contribution in [0.3, 0.4) is 0 Å². The molecular formula is C19H25ClN2O. The fourth-order valence-electron chi connectivity index (χ4n) is 3.45. The molecule has 1 aliphatic carbocycles. The maximum atomic E-state index is 12.6. The van der Waals surface area contributed by atoms with Crippen molar-refractivity contribution in [3.05, 3.63) is 48.0 Å². The summed E-state index contributed by atoms with van der Waals surface area (Å²) in [6.07, 6.45) is 3.94. The third kappa shape index (κ3) is 4.24. The van der Waals surface area contributed by atoms with Gasteiger partial charge in [-0.15, -0.1) is 12.4 Å². The first-order valence-corrected chi connectivity index (χ1v) is 8.12. The highest BCUT2D eigenvalue weighted by Gasteiger charge is 2.27. The number of hydrogen-bond acceptors (Lipinski definition) is 2. The first-order chi connectivity index (χ1) is 10.6. The van der Waals surface area contributed by atoms with Crippen molar-refractivity contribution in [3.8, 4) is 0 Å². The van der Waals surface area contributed by atoms with E-state index >= 15 is 0 Å². The number of carbonyl (C=O) groups is 1. The van der Waals surface area contributed by atoms with Crippen LogP contribution in [0.2, 0.25) is 0 Å². The number of amides is 1. The van der Waals surface area contributed by atoms with Gasteiger partial charge in [0.15, 0.2) is 0 Å². The molecule has 1 fully saturated rings. The molecule has 3 rings (SSSR count). The van der Waals surface area contributed by atoms with E-state index in [1.165, 1.54) is 16.3 Å². The van der Waals surface area contributed by atoms with Gasteiger partial charge in [0.25, 0.3) is 0 Å². The summed E-state index contributed by atoms with van der Waals surface area (Å²) in [4.78, 5) is 14.4. The lowest BCUT2D eigenvalue weighted by Gasteiger charge is -2.29. The molecule has 0 spiro atoms. The molecule has 0 bridgehead atoms. The molecule has 2 aromatic rings. The maximum absolute atomic E-state index is 12.6. The third-order valence-electron chi connectivity index (χ3n) is 4.67. The highest BCUT2D eigenvalue weighted by atomic mass is 35.5. The van der Waals surface area contributed by atoms with Gasteiger partial charge in [-0.05, 0) is 41.7 Å². The fraction of sp³-hybridized carbons (Fsp3) is 0.421. The van der Waals surface area contributed by atoms with Crippen LogP contribution in [0.15, 0.2) is 42.5 Å². The molecule has 3 nitrogen and oxygen atoms in total. The van der Waals surface area contributed by atoms with Crippen LogP contribution < -0.4 is 5.73 Å². The van der Waals surface area contributed by atoms with Crippen molar-refractivity contribution >= 4 is 29.1 Å². The highest BCUT2D eigenvalue weighted by molar-refractivity contribution is 5.85. The Labute approximate surface area is 144 Å². The molecule has 0 saturated heterocycles. The summed E-state index contributed by atoms with van der Waals surface area (Å²) >= 11 is 0. The molecule has 23 heavy (non-hydrogen) atoms. The van der Waals surface area contributed by atoms with E-state index in [0.29, 0.717) is 6.54 Å². The topological polar surface area (TPSA) is 46.3 Å². The standard InChI is InChI=1S/C19H24N2O.ClH/c1-21(19(22)17-7-4-8-18(20)12-17)13-14-9-10-15-5-2-3-6-16(15)11-14;/h2-3,5-6,9-11,17-18H,4,7-8,12-13,20H2,1H3;1H. The van der Waals surface area contributed by atoms with Gasteiger partial charge in [-0.25, -0.2) is 0 Å². The molecule has 1 saturated carbocycles. The fourth-order valence-corrected chi connectivity index (χ4v) is 3.45. The molecule has 1 amide bonds. The number of fused-ring (bicyclic) bond motifs is 1. The number of benzene rings is 2. The second kappa shape index (κ2) is 7.80. The second-order valence-electron chi connectivity index (χ2n) is 6.50. The van der Waals surface area contributed by atoms with Crippen LogP contribution in [0.1, 0.15) is 31.2 Å². The molecule has 0 radical (unpaired) electrons. The van der Waals surface area contributed by atoms with Crippen LogP contribution in [0.4, 0.5) is 0 Å². The number of rotatable bonds is 3. The van der Waals surface area contributed by atoms with Crippen LogP contribution in [0.25, 0.3) is 10.8 Å². The molecule has 124 valence electrons. The van der Waals surface area contributed by atoms with E-state index in [1.807, 2.05) is 24.1 Å². The van der Waals surface area contributed by atoms with Crippen molar-refractivity contribution in [1.29, 1.82) is 0 Å². The van der Waals surface area contributed by atoms with Gasteiger partial charge >= 0.3 is 0 Å². The molecular weight excluding hydrogens is 308 g/mol. The van der Waals surface area contributed by atoms with Crippen molar-refractivity contribution in [2.45, 2.75) is 38.3 Å². The first kappa shape index (κ1) is 17.8. The molecule has 0 heterocycles. The van der Waals surface area contributed by atoms with E-state index in [0.717, 1.165) is 25.7 Å². The minimum absolute atomic E-state index is 0. The largest absolute Gasteiger partial charge is 0.341 e. The summed E-state index contributed by atoms with van der Waals surface area (Å²) in [5.41, 5.74) is 7.18. The van der Waals surface area contributed by atoms with Crippen LogP contribution >= 0.6 is 12.4 Å². The Balaban J connectivity index is 0.00000192. The Morgan fingerprint density at radius 1 is 1.17 bits per heavy atom. The molecule has 2 N–H and O–H groups in total. The van der Waals surface area contributed by atoms with Crippen LogP contribution in [-0.4, -0.2) is 23.9 Å². The molecule has 2 aromatic carbocycles. The summed E-state index contributed by atoms with van der Waals surface area (Å²) in [5, 5.41) is 2.46.